The summed E-state index contributed by atoms with van der Waals surface area (Å²) in [6.45, 7) is 0.461. The van der Waals surface area contributed by atoms with Crippen molar-refractivity contribution in [2.75, 3.05) is 25.6 Å². The smallest absolute Gasteiger partial charge is 0.118 e. The van der Waals surface area contributed by atoms with E-state index in [0.717, 1.165) is 17.0 Å². The first-order valence-corrected chi connectivity index (χ1v) is 6.77. The second kappa shape index (κ2) is 6.78. The van der Waals surface area contributed by atoms with Crippen LogP contribution in [0.25, 0.3) is 0 Å². The summed E-state index contributed by atoms with van der Waals surface area (Å²) in [7, 11) is 3.60. The van der Waals surface area contributed by atoms with Crippen LogP contribution >= 0.6 is 0 Å². The number of nitriles is 1. The quantitative estimate of drug-likeness (QED) is 0.915. The number of nitrogens with two attached hydrogens (primary N) is 1. The minimum atomic E-state index is 0.00501. The molecule has 0 fully saturated rings. The largest absolute Gasteiger partial charge is 0.497 e. The van der Waals surface area contributed by atoms with Gasteiger partial charge in [-0.25, -0.2) is 0 Å². The Labute approximate surface area is 125 Å². The monoisotopic (exact) mass is 281 g/mol. The molecule has 2 aromatic carbocycles. The van der Waals surface area contributed by atoms with Gasteiger partial charge in [-0.15, -0.1) is 0 Å². The zero-order chi connectivity index (χ0) is 15.2. The molecular formula is C17H19N3O. The second-order valence-electron chi connectivity index (χ2n) is 4.76. The molecule has 0 radical (unpaired) electrons. The highest BCUT2D eigenvalue weighted by Gasteiger charge is 2.18. The van der Waals surface area contributed by atoms with Crippen LogP contribution < -0.4 is 15.4 Å². The molecule has 0 aliphatic rings. The Morgan fingerprint density at radius 2 is 1.86 bits per heavy atom. The summed E-state index contributed by atoms with van der Waals surface area (Å²) in [5.41, 5.74) is 8.57. The molecule has 0 spiro atoms. The standard InChI is InChI=1S/C17H19N3O/c1-20(16-6-4-3-5-14(16)11-18)17(12-19)13-7-9-15(21-2)10-8-13/h3-10,17H,12,19H2,1-2H3. The first-order chi connectivity index (χ1) is 10.2. The lowest BCUT2D eigenvalue weighted by Crippen LogP contribution is -2.30. The number of para-hydroxylation sites is 1. The number of methoxy groups -OCH3 is 1. The van der Waals surface area contributed by atoms with Gasteiger partial charge in [0.2, 0.25) is 0 Å². The summed E-state index contributed by atoms with van der Waals surface area (Å²) in [5.74, 6) is 0.814. The van der Waals surface area contributed by atoms with Crippen molar-refractivity contribution in [2.24, 2.45) is 5.73 Å². The predicted octanol–water partition coefficient (Wildman–Crippen LogP) is 2.70. The summed E-state index contributed by atoms with van der Waals surface area (Å²) in [6, 6.07) is 17.6. The lowest BCUT2D eigenvalue weighted by Gasteiger charge is -2.30. The fourth-order valence-corrected chi connectivity index (χ4v) is 2.39. The van der Waals surface area contributed by atoms with Gasteiger partial charge < -0.3 is 15.4 Å². The van der Waals surface area contributed by atoms with Crippen LogP contribution in [0.4, 0.5) is 5.69 Å². The number of benzene rings is 2. The Kier molecular flexibility index (Phi) is 4.81. The molecule has 4 heteroatoms. The topological polar surface area (TPSA) is 62.3 Å². The SMILES string of the molecule is COc1ccc(C(CN)N(C)c2ccccc2C#N)cc1. The molecule has 0 aliphatic carbocycles. The highest BCUT2D eigenvalue weighted by atomic mass is 16.5. The number of rotatable bonds is 5. The Balaban J connectivity index is 2.33. The van der Waals surface area contributed by atoms with E-state index in [0.29, 0.717) is 12.1 Å². The summed E-state index contributed by atoms with van der Waals surface area (Å²) in [4.78, 5) is 2.04. The van der Waals surface area contributed by atoms with Gasteiger partial charge in [-0.3, -0.25) is 0 Å². The van der Waals surface area contributed by atoms with Crippen molar-refractivity contribution < 1.29 is 4.74 Å². The maximum atomic E-state index is 9.24. The van der Waals surface area contributed by atoms with E-state index in [1.54, 1.807) is 7.11 Å². The highest BCUT2D eigenvalue weighted by Crippen LogP contribution is 2.28. The molecule has 0 bridgehead atoms. The van der Waals surface area contributed by atoms with Crippen molar-refractivity contribution in [3.63, 3.8) is 0 Å². The average Bonchev–Trinajstić information content (AvgIpc) is 2.56. The van der Waals surface area contributed by atoms with Crippen LogP contribution in [-0.4, -0.2) is 20.7 Å². The van der Waals surface area contributed by atoms with Gasteiger partial charge in [0.05, 0.1) is 24.4 Å². The predicted molar refractivity (Wildman–Crippen MR) is 84.3 cm³/mol. The van der Waals surface area contributed by atoms with Gasteiger partial charge in [0.25, 0.3) is 0 Å². The molecule has 108 valence electrons. The van der Waals surface area contributed by atoms with Crippen LogP contribution in [-0.2, 0) is 0 Å². The maximum absolute atomic E-state index is 9.24. The highest BCUT2D eigenvalue weighted by molar-refractivity contribution is 5.60. The fourth-order valence-electron chi connectivity index (χ4n) is 2.39. The number of likely N-dealkylation sites (N-methyl/N-ethyl adjacent to an activating group) is 1. The van der Waals surface area contributed by atoms with Crippen LogP contribution in [0.1, 0.15) is 17.2 Å². The Bertz CT molecular complexity index is 631. The molecule has 1 atom stereocenters. The molecule has 0 aliphatic heterocycles. The van der Waals surface area contributed by atoms with E-state index in [1.807, 2.05) is 60.5 Å². The van der Waals surface area contributed by atoms with Crippen LogP contribution in [0.2, 0.25) is 0 Å². The Morgan fingerprint density at radius 3 is 2.43 bits per heavy atom. The molecule has 0 amide bonds. The van der Waals surface area contributed by atoms with E-state index >= 15 is 0 Å². The molecule has 2 aromatic rings. The lowest BCUT2D eigenvalue weighted by atomic mass is 10.0. The van der Waals surface area contributed by atoms with Crippen molar-refractivity contribution >= 4 is 5.69 Å². The van der Waals surface area contributed by atoms with Gasteiger partial charge in [-0.1, -0.05) is 24.3 Å². The van der Waals surface area contributed by atoms with E-state index in [-0.39, 0.29) is 6.04 Å². The van der Waals surface area contributed by atoms with E-state index in [1.165, 1.54) is 0 Å². The van der Waals surface area contributed by atoms with Gasteiger partial charge in [0.15, 0.2) is 0 Å². The van der Waals surface area contributed by atoms with Crippen LogP contribution in [0.3, 0.4) is 0 Å². The second-order valence-corrected chi connectivity index (χ2v) is 4.76. The minimum Gasteiger partial charge on any atom is -0.497 e. The average molecular weight is 281 g/mol. The molecule has 0 saturated carbocycles. The number of nitrogens with zero attached hydrogens (tertiary/aromatic N) is 2. The Morgan fingerprint density at radius 1 is 1.19 bits per heavy atom. The van der Waals surface area contributed by atoms with Gasteiger partial charge in [-0.05, 0) is 29.8 Å². The third-order valence-electron chi connectivity index (χ3n) is 3.60. The Hall–Kier alpha value is -2.51. The molecule has 21 heavy (non-hydrogen) atoms. The third kappa shape index (κ3) is 3.15. The van der Waals surface area contributed by atoms with Crippen molar-refractivity contribution in [1.29, 1.82) is 5.26 Å². The molecule has 0 saturated heterocycles. The first-order valence-electron chi connectivity index (χ1n) is 6.77. The van der Waals surface area contributed by atoms with Crippen LogP contribution in [0, 0.1) is 11.3 Å². The van der Waals surface area contributed by atoms with Crippen molar-refractivity contribution in [2.45, 2.75) is 6.04 Å². The van der Waals surface area contributed by atoms with Crippen LogP contribution in [0.15, 0.2) is 48.5 Å². The van der Waals surface area contributed by atoms with E-state index in [4.69, 9.17) is 10.5 Å². The summed E-state index contributed by atoms with van der Waals surface area (Å²) >= 11 is 0. The molecule has 0 heterocycles. The first kappa shape index (κ1) is 14.9. The molecular weight excluding hydrogens is 262 g/mol. The molecule has 0 aromatic heterocycles. The summed E-state index contributed by atoms with van der Waals surface area (Å²) in [5, 5.41) is 9.24. The molecule has 2 N–H and O–H groups in total. The summed E-state index contributed by atoms with van der Waals surface area (Å²) in [6.07, 6.45) is 0. The minimum absolute atomic E-state index is 0.00501. The van der Waals surface area contributed by atoms with Gasteiger partial charge in [-0.2, -0.15) is 5.26 Å². The number of ether oxygens (including phenoxy) is 1. The zero-order valence-electron chi connectivity index (χ0n) is 12.3. The van der Waals surface area contributed by atoms with Gasteiger partial charge >= 0.3 is 0 Å². The molecule has 2 rings (SSSR count). The van der Waals surface area contributed by atoms with E-state index in [9.17, 15) is 5.26 Å². The third-order valence-corrected chi connectivity index (χ3v) is 3.60. The van der Waals surface area contributed by atoms with E-state index in [2.05, 4.69) is 6.07 Å². The zero-order valence-corrected chi connectivity index (χ0v) is 12.3. The summed E-state index contributed by atoms with van der Waals surface area (Å²) < 4.78 is 5.18. The van der Waals surface area contributed by atoms with Crippen molar-refractivity contribution in [3.8, 4) is 11.8 Å². The molecule has 1 unspecified atom stereocenters. The van der Waals surface area contributed by atoms with Crippen molar-refractivity contribution in [1.82, 2.24) is 0 Å². The number of anilines is 1. The van der Waals surface area contributed by atoms with Crippen LogP contribution in [0.5, 0.6) is 5.75 Å². The van der Waals surface area contributed by atoms with Gasteiger partial charge in [0.1, 0.15) is 11.8 Å². The van der Waals surface area contributed by atoms with E-state index < -0.39 is 0 Å². The normalized spacial score (nSPS) is 11.5. The lowest BCUT2D eigenvalue weighted by molar-refractivity contribution is 0.414. The fraction of sp³-hybridized carbons (Fsp3) is 0.235. The maximum Gasteiger partial charge on any atom is 0.118 e. The number of hydrogen-bond donors (Lipinski definition) is 1. The number of hydrogen-bond acceptors (Lipinski definition) is 4. The van der Waals surface area contributed by atoms with Crippen molar-refractivity contribution in [3.05, 3.63) is 59.7 Å². The van der Waals surface area contributed by atoms with Gasteiger partial charge in [0, 0.05) is 13.6 Å². The molecule has 4 nitrogen and oxygen atoms in total.